The summed E-state index contributed by atoms with van der Waals surface area (Å²) < 4.78 is 11.2. The fourth-order valence-corrected chi connectivity index (χ4v) is 3.97. The number of nitrogens with one attached hydrogen (secondary N) is 1. The summed E-state index contributed by atoms with van der Waals surface area (Å²) in [5, 5.41) is 11.8. The Morgan fingerprint density at radius 1 is 1.03 bits per heavy atom. The van der Waals surface area contributed by atoms with Crippen LogP contribution in [0.5, 0.6) is 11.5 Å². The minimum atomic E-state index is -0.688. The van der Waals surface area contributed by atoms with Gasteiger partial charge in [-0.3, -0.25) is 4.79 Å². The molecule has 1 aliphatic heterocycles. The zero-order chi connectivity index (χ0) is 24.1. The molecule has 178 valence electrons. The summed E-state index contributed by atoms with van der Waals surface area (Å²) in [5.41, 5.74) is 3.49. The summed E-state index contributed by atoms with van der Waals surface area (Å²) >= 11 is 0. The van der Waals surface area contributed by atoms with Gasteiger partial charge in [0.25, 0.3) is 5.91 Å². The molecule has 2 heterocycles. The van der Waals surface area contributed by atoms with Crippen molar-refractivity contribution in [2.75, 3.05) is 30.4 Å². The smallest absolute Gasteiger partial charge is 0.265 e. The van der Waals surface area contributed by atoms with Crippen molar-refractivity contribution in [1.82, 2.24) is 10.2 Å². The number of carbonyl (C=O) groups is 1. The van der Waals surface area contributed by atoms with Crippen LogP contribution in [0.4, 0.5) is 11.5 Å². The number of benzene rings is 2. The van der Waals surface area contributed by atoms with E-state index in [0.29, 0.717) is 17.2 Å². The van der Waals surface area contributed by atoms with Crippen molar-refractivity contribution in [2.24, 2.45) is 5.92 Å². The summed E-state index contributed by atoms with van der Waals surface area (Å²) in [6.07, 6.45) is 1.70. The van der Waals surface area contributed by atoms with Gasteiger partial charge in [0.05, 0.1) is 12.8 Å². The van der Waals surface area contributed by atoms with Gasteiger partial charge in [0, 0.05) is 24.3 Å². The third-order valence-electron chi connectivity index (χ3n) is 6.20. The van der Waals surface area contributed by atoms with E-state index in [1.165, 1.54) is 12.8 Å². The third kappa shape index (κ3) is 5.65. The van der Waals surface area contributed by atoms with Crippen molar-refractivity contribution in [1.29, 1.82) is 0 Å². The first-order chi connectivity index (χ1) is 16.4. The van der Waals surface area contributed by atoms with Crippen LogP contribution in [0, 0.1) is 12.8 Å². The number of aromatic nitrogens is 2. The second kappa shape index (κ2) is 10.5. The van der Waals surface area contributed by atoms with E-state index in [0.717, 1.165) is 41.6 Å². The molecule has 1 fully saturated rings. The number of nitrogens with zero attached hydrogens (tertiary/aromatic N) is 3. The van der Waals surface area contributed by atoms with Crippen molar-refractivity contribution in [3.05, 3.63) is 60.2 Å². The van der Waals surface area contributed by atoms with E-state index in [1.54, 1.807) is 14.0 Å². The molecular weight excluding hydrogens is 428 g/mol. The lowest BCUT2D eigenvalue weighted by Crippen LogP contribution is -2.33. The summed E-state index contributed by atoms with van der Waals surface area (Å²) in [5.74, 6) is 2.61. The van der Waals surface area contributed by atoms with Crippen LogP contribution in [-0.4, -0.2) is 42.4 Å². The van der Waals surface area contributed by atoms with Crippen LogP contribution in [0.15, 0.2) is 54.6 Å². The zero-order valence-electron chi connectivity index (χ0n) is 20.2. The maximum atomic E-state index is 12.6. The molecule has 1 unspecified atom stereocenters. The largest absolute Gasteiger partial charge is 0.493 e. The molecule has 1 atom stereocenters. The lowest BCUT2D eigenvalue weighted by atomic mass is 9.99. The summed E-state index contributed by atoms with van der Waals surface area (Å²) in [6, 6.07) is 17.2. The quantitative estimate of drug-likeness (QED) is 0.528. The summed E-state index contributed by atoms with van der Waals surface area (Å²) in [7, 11) is 1.58. The number of amides is 1. The molecule has 1 N–H and O–H groups in total. The Morgan fingerprint density at radius 3 is 2.41 bits per heavy atom. The van der Waals surface area contributed by atoms with E-state index in [1.807, 2.05) is 61.5 Å². The first-order valence-electron chi connectivity index (χ1n) is 11.7. The Labute approximate surface area is 201 Å². The normalized spacial score (nSPS) is 15.0. The summed E-state index contributed by atoms with van der Waals surface area (Å²) in [6.45, 7) is 8.04. The highest BCUT2D eigenvalue weighted by Gasteiger charge is 2.18. The Hall–Kier alpha value is -3.61. The molecule has 1 aromatic heterocycles. The Morgan fingerprint density at radius 2 is 1.76 bits per heavy atom. The minimum Gasteiger partial charge on any atom is -0.493 e. The average Bonchev–Trinajstić information content (AvgIpc) is 2.86. The number of anilines is 2. The second-order valence-electron chi connectivity index (χ2n) is 8.93. The molecule has 1 aliphatic rings. The van der Waals surface area contributed by atoms with Gasteiger partial charge in [-0.25, -0.2) is 0 Å². The molecule has 34 heavy (non-hydrogen) atoms. The minimum absolute atomic E-state index is 0.240. The number of aryl methyl sites for hydroxylation is 1. The average molecular weight is 461 g/mol. The number of carbonyl (C=O) groups excluding carboxylic acids is 1. The van der Waals surface area contributed by atoms with E-state index >= 15 is 0 Å². The van der Waals surface area contributed by atoms with Crippen LogP contribution in [0.1, 0.15) is 32.3 Å². The monoisotopic (exact) mass is 460 g/mol. The van der Waals surface area contributed by atoms with Crippen LogP contribution in [0.25, 0.3) is 11.3 Å². The van der Waals surface area contributed by atoms with E-state index in [2.05, 4.69) is 27.3 Å². The highest BCUT2D eigenvalue weighted by molar-refractivity contribution is 5.94. The van der Waals surface area contributed by atoms with Gasteiger partial charge in [-0.1, -0.05) is 25.1 Å². The van der Waals surface area contributed by atoms with Crippen molar-refractivity contribution in [3.63, 3.8) is 0 Å². The highest BCUT2D eigenvalue weighted by Crippen LogP contribution is 2.29. The number of piperidine rings is 1. The van der Waals surface area contributed by atoms with Crippen molar-refractivity contribution >= 4 is 17.4 Å². The molecule has 0 saturated carbocycles. The number of rotatable bonds is 7. The molecule has 2 aromatic carbocycles. The van der Waals surface area contributed by atoms with Crippen molar-refractivity contribution in [3.8, 4) is 22.8 Å². The molecule has 7 nitrogen and oxygen atoms in total. The van der Waals surface area contributed by atoms with Crippen LogP contribution < -0.4 is 19.7 Å². The van der Waals surface area contributed by atoms with Crippen LogP contribution in [-0.2, 0) is 4.79 Å². The molecule has 7 heteroatoms. The van der Waals surface area contributed by atoms with E-state index < -0.39 is 6.10 Å². The Balaban J connectivity index is 1.35. The third-order valence-corrected chi connectivity index (χ3v) is 6.20. The molecular formula is C27H32N4O3. The molecule has 4 rings (SSSR count). The highest BCUT2D eigenvalue weighted by atomic mass is 16.5. The predicted octanol–water partition coefficient (Wildman–Crippen LogP) is 5.10. The van der Waals surface area contributed by atoms with Gasteiger partial charge in [-0.15, -0.1) is 10.2 Å². The first-order valence-corrected chi connectivity index (χ1v) is 11.7. The van der Waals surface area contributed by atoms with E-state index in [4.69, 9.17) is 9.47 Å². The molecule has 0 bridgehead atoms. The fraction of sp³-hybridized carbons (Fsp3) is 0.370. The van der Waals surface area contributed by atoms with Crippen LogP contribution in [0.3, 0.4) is 0 Å². The first kappa shape index (κ1) is 23.5. The topological polar surface area (TPSA) is 76.6 Å². The molecule has 0 aliphatic carbocycles. The van der Waals surface area contributed by atoms with Crippen molar-refractivity contribution in [2.45, 2.75) is 39.7 Å². The standard InChI is InChI=1S/C27H32N4O3/c1-18-13-15-31(16-14-18)26-12-10-23(29-30-26)21-6-8-22(9-7-21)28-27(32)20(3)34-24-11-5-19(2)17-25(24)33-4/h5-12,17-18,20H,13-16H2,1-4H3,(H,28,32). The number of hydrogen-bond acceptors (Lipinski definition) is 6. The molecule has 0 spiro atoms. The molecule has 3 aromatic rings. The Kier molecular flexibility index (Phi) is 7.30. The van der Waals surface area contributed by atoms with Gasteiger partial charge < -0.3 is 19.7 Å². The van der Waals surface area contributed by atoms with Crippen LogP contribution in [0.2, 0.25) is 0 Å². The molecule has 1 saturated heterocycles. The van der Waals surface area contributed by atoms with Gasteiger partial charge in [0.2, 0.25) is 0 Å². The number of ether oxygens (including phenoxy) is 2. The number of hydrogen-bond donors (Lipinski definition) is 1. The zero-order valence-corrected chi connectivity index (χ0v) is 20.2. The summed E-state index contributed by atoms with van der Waals surface area (Å²) in [4.78, 5) is 14.9. The maximum Gasteiger partial charge on any atom is 0.265 e. The second-order valence-corrected chi connectivity index (χ2v) is 8.93. The van der Waals surface area contributed by atoms with Gasteiger partial charge in [0.15, 0.2) is 23.4 Å². The van der Waals surface area contributed by atoms with E-state index in [9.17, 15) is 4.79 Å². The van der Waals surface area contributed by atoms with Gasteiger partial charge >= 0.3 is 0 Å². The predicted molar refractivity (Wildman–Crippen MR) is 135 cm³/mol. The van der Waals surface area contributed by atoms with E-state index in [-0.39, 0.29) is 5.91 Å². The maximum absolute atomic E-state index is 12.6. The number of methoxy groups -OCH3 is 1. The van der Waals surface area contributed by atoms with Gasteiger partial charge in [0.1, 0.15) is 0 Å². The fourth-order valence-electron chi connectivity index (χ4n) is 3.97. The molecule has 1 amide bonds. The van der Waals surface area contributed by atoms with Crippen molar-refractivity contribution < 1.29 is 14.3 Å². The SMILES string of the molecule is COc1cc(C)ccc1OC(C)C(=O)Nc1ccc(-c2ccc(N3CCC(C)CC3)nn2)cc1. The van der Waals surface area contributed by atoms with Gasteiger partial charge in [-0.05, 0) is 74.6 Å². The lowest BCUT2D eigenvalue weighted by Gasteiger charge is -2.30. The van der Waals surface area contributed by atoms with Gasteiger partial charge in [-0.2, -0.15) is 0 Å². The molecule has 0 radical (unpaired) electrons. The van der Waals surface area contributed by atoms with Crippen LogP contribution >= 0.6 is 0 Å². The lowest BCUT2D eigenvalue weighted by molar-refractivity contribution is -0.122. The Bertz CT molecular complexity index is 1110.